The van der Waals surface area contributed by atoms with Crippen molar-refractivity contribution in [3.63, 3.8) is 0 Å². The van der Waals surface area contributed by atoms with Crippen LogP contribution in [0.1, 0.15) is 5.56 Å². The van der Waals surface area contributed by atoms with Gasteiger partial charge in [-0.15, -0.1) is 0 Å². The third kappa shape index (κ3) is 3.04. The molecule has 0 aliphatic carbocycles. The molecule has 0 atom stereocenters. The molecule has 0 bridgehead atoms. The summed E-state index contributed by atoms with van der Waals surface area (Å²) < 4.78 is 0. The van der Waals surface area contributed by atoms with Gasteiger partial charge in [-0.3, -0.25) is 15.1 Å². The normalized spacial score (nSPS) is 10.8. The molecule has 0 fully saturated rings. The van der Waals surface area contributed by atoms with Gasteiger partial charge in [-0.25, -0.2) is 0 Å². The molecule has 6 nitrogen and oxygen atoms in total. The number of benzene rings is 2. The molecule has 2 aromatic rings. The van der Waals surface area contributed by atoms with Gasteiger partial charge in [0, 0.05) is 30.0 Å². The smallest absolute Gasteiger partial charge is 0.270 e. The summed E-state index contributed by atoms with van der Waals surface area (Å²) in [5.41, 5.74) is 0.416. The Balaban J connectivity index is 2.35. The molecule has 0 heterocycles. The SMILES string of the molecule is O=[N+]([O-])c1ccc(O)c(C=Nc2ccc(O)cc2Cl)c1. The van der Waals surface area contributed by atoms with Crippen LogP contribution >= 0.6 is 11.6 Å². The van der Waals surface area contributed by atoms with Crippen molar-refractivity contribution in [2.75, 3.05) is 0 Å². The van der Waals surface area contributed by atoms with E-state index >= 15 is 0 Å². The molecule has 0 saturated carbocycles. The van der Waals surface area contributed by atoms with Crippen LogP contribution in [0.4, 0.5) is 11.4 Å². The van der Waals surface area contributed by atoms with Crippen molar-refractivity contribution in [1.29, 1.82) is 0 Å². The first-order valence-electron chi connectivity index (χ1n) is 5.47. The summed E-state index contributed by atoms with van der Waals surface area (Å²) >= 11 is 5.87. The van der Waals surface area contributed by atoms with E-state index in [9.17, 15) is 20.3 Å². The van der Waals surface area contributed by atoms with Crippen LogP contribution in [0.3, 0.4) is 0 Å². The molecule has 0 aromatic heterocycles. The standard InChI is InChI=1S/C13H9ClN2O4/c14-11-6-10(17)2-3-12(11)15-7-8-5-9(16(19)20)1-4-13(8)18/h1-7,17-18H. The molecule has 0 unspecified atom stereocenters. The molecule has 0 aliphatic heterocycles. The molecule has 102 valence electrons. The number of nitro benzene ring substituents is 1. The summed E-state index contributed by atoms with van der Waals surface area (Å²) in [5, 5.41) is 29.7. The van der Waals surface area contributed by atoms with Gasteiger partial charge < -0.3 is 10.2 Å². The van der Waals surface area contributed by atoms with Crippen LogP contribution in [0.2, 0.25) is 5.02 Å². The fourth-order valence-electron chi connectivity index (χ4n) is 1.50. The van der Waals surface area contributed by atoms with Crippen LogP contribution < -0.4 is 0 Å². The van der Waals surface area contributed by atoms with Gasteiger partial charge in [-0.1, -0.05) is 11.6 Å². The lowest BCUT2D eigenvalue weighted by atomic mass is 10.2. The number of phenols is 2. The van der Waals surface area contributed by atoms with Crippen molar-refractivity contribution in [3.8, 4) is 11.5 Å². The highest BCUT2D eigenvalue weighted by Crippen LogP contribution is 2.29. The maximum Gasteiger partial charge on any atom is 0.270 e. The Hall–Kier alpha value is -2.60. The Morgan fingerprint density at radius 1 is 1.20 bits per heavy atom. The average molecular weight is 293 g/mol. The molecule has 0 aliphatic rings. The number of halogens is 1. The topological polar surface area (TPSA) is 96.0 Å². The van der Waals surface area contributed by atoms with Gasteiger partial charge in [0.25, 0.3) is 5.69 Å². The number of phenolic OH excluding ortho intramolecular Hbond substituents is 2. The van der Waals surface area contributed by atoms with E-state index in [1.807, 2.05) is 0 Å². The third-order valence-electron chi connectivity index (χ3n) is 2.50. The number of rotatable bonds is 3. The zero-order chi connectivity index (χ0) is 14.7. The molecular formula is C13H9ClN2O4. The molecule has 0 saturated heterocycles. The van der Waals surface area contributed by atoms with Gasteiger partial charge in [-0.2, -0.15) is 0 Å². The van der Waals surface area contributed by atoms with Crippen LogP contribution in [-0.4, -0.2) is 21.4 Å². The molecule has 0 amide bonds. The summed E-state index contributed by atoms with van der Waals surface area (Å²) in [5.74, 6) is -0.124. The van der Waals surface area contributed by atoms with Crippen molar-refractivity contribution in [3.05, 3.63) is 57.1 Å². The van der Waals surface area contributed by atoms with Crippen molar-refractivity contribution in [1.82, 2.24) is 0 Å². The summed E-state index contributed by atoms with van der Waals surface area (Å²) in [6, 6.07) is 7.83. The van der Waals surface area contributed by atoms with E-state index in [0.717, 1.165) is 0 Å². The third-order valence-corrected chi connectivity index (χ3v) is 2.80. The average Bonchev–Trinajstić information content (AvgIpc) is 2.39. The number of non-ortho nitro benzene ring substituents is 1. The molecule has 7 heteroatoms. The lowest BCUT2D eigenvalue weighted by Gasteiger charge is -2.00. The fourth-order valence-corrected chi connectivity index (χ4v) is 1.72. The van der Waals surface area contributed by atoms with Crippen LogP contribution in [0.25, 0.3) is 0 Å². The monoisotopic (exact) mass is 292 g/mol. The summed E-state index contributed by atoms with van der Waals surface area (Å²) in [4.78, 5) is 14.1. The van der Waals surface area contributed by atoms with Crippen LogP contribution in [0.5, 0.6) is 11.5 Å². The highest BCUT2D eigenvalue weighted by atomic mass is 35.5. The maximum absolute atomic E-state index is 10.7. The first-order valence-corrected chi connectivity index (χ1v) is 5.85. The second kappa shape index (κ2) is 5.58. The highest BCUT2D eigenvalue weighted by Gasteiger charge is 2.09. The second-order valence-electron chi connectivity index (χ2n) is 3.89. The zero-order valence-corrected chi connectivity index (χ0v) is 10.8. The molecule has 2 rings (SSSR count). The Morgan fingerprint density at radius 3 is 2.60 bits per heavy atom. The van der Waals surface area contributed by atoms with Crippen molar-refractivity contribution < 1.29 is 15.1 Å². The number of hydrogen-bond acceptors (Lipinski definition) is 5. The molecule has 0 radical (unpaired) electrons. The number of nitro groups is 1. The van der Waals surface area contributed by atoms with E-state index in [0.29, 0.717) is 5.69 Å². The number of aromatic hydroxyl groups is 2. The van der Waals surface area contributed by atoms with E-state index in [1.54, 1.807) is 0 Å². The zero-order valence-electron chi connectivity index (χ0n) is 10.0. The van der Waals surface area contributed by atoms with Crippen molar-refractivity contribution >= 4 is 29.2 Å². The number of aliphatic imine (C=N–C) groups is 1. The van der Waals surface area contributed by atoms with E-state index in [4.69, 9.17) is 11.6 Å². The van der Waals surface area contributed by atoms with Crippen LogP contribution in [0.15, 0.2) is 41.4 Å². The minimum atomic E-state index is -0.565. The fraction of sp³-hybridized carbons (Fsp3) is 0. The van der Waals surface area contributed by atoms with Crippen LogP contribution in [-0.2, 0) is 0 Å². The van der Waals surface area contributed by atoms with Crippen LogP contribution in [0, 0.1) is 10.1 Å². The van der Waals surface area contributed by atoms with Crippen molar-refractivity contribution in [2.45, 2.75) is 0 Å². The van der Waals surface area contributed by atoms with E-state index in [-0.39, 0.29) is 27.8 Å². The first-order chi connectivity index (χ1) is 9.47. The first kappa shape index (κ1) is 13.8. The van der Waals surface area contributed by atoms with Gasteiger partial charge >= 0.3 is 0 Å². The predicted molar refractivity (Wildman–Crippen MR) is 75.1 cm³/mol. The van der Waals surface area contributed by atoms with E-state index < -0.39 is 4.92 Å². The van der Waals surface area contributed by atoms with Gasteiger partial charge in [0.2, 0.25) is 0 Å². The lowest BCUT2D eigenvalue weighted by molar-refractivity contribution is -0.384. The summed E-state index contributed by atoms with van der Waals surface area (Å²) in [6.45, 7) is 0. The summed E-state index contributed by atoms with van der Waals surface area (Å²) in [6.07, 6.45) is 1.26. The quantitative estimate of drug-likeness (QED) is 0.515. The minimum absolute atomic E-state index is 0.00662. The molecule has 2 aromatic carbocycles. The number of hydrogen-bond donors (Lipinski definition) is 2. The van der Waals surface area contributed by atoms with Gasteiger partial charge in [0.1, 0.15) is 11.5 Å². The van der Waals surface area contributed by atoms with Crippen molar-refractivity contribution in [2.24, 2.45) is 4.99 Å². The molecule has 20 heavy (non-hydrogen) atoms. The highest BCUT2D eigenvalue weighted by molar-refractivity contribution is 6.33. The molecule has 2 N–H and O–H groups in total. The Labute approximate surface area is 118 Å². The largest absolute Gasteiger partial charge is 0.508 e. The number of nitrogens with zero attached hydrogens (tertiary/aromatic N) is 2. The Morgan fingerprint density at radius 2 is 1.95 bits per heavy atom. The van der Waals surface area contributed by atoms with Gasteiger partial charge in [0.05, 0.1) is 15.6 Å². The maximum atomic E-state index is 10.7. The van der Waals surface area contributed by atoms with Gasteiger partial charge in [-0.05, 0) is 18.2 Å². The predicted octanol–water partition coefficient (Wildman–Crippen LogP) is 3.41. The van der Waals surface area contributed by atoms with Gasteiger partial charge in [0.15, 0.2) is 0 Å². The molecule has 0 spiro atoms. The Kier molecular flexibility index (Phi) is 3.86. The van der Waals surface area contributed by atoms with E-state index in [2.05, 4.69) is 4.99 Å². The molecular weight excluding hydrogens is 284 g/mol. The van der Waals surface area contributed by atoms with E-state index in [1.165, 1.54) is 42.6 Å². The lowest BCUT2D eigenvalue weighted by Crippen LogP contribution is -1.90. The second-order valence-corrected chi connectivity index (χ2v) is 4.30. The Bertz CT molecular complexity index is 701. The summed E-state index contributed by atoms with van der Waals surface area (Å²) in [7, 11) is 0. The minimum Gasteiger partial charge on any atom is -0.508 e.